The molecule has 0 amide bonds. The van der Waals surface area contributed by atoms with Crippen molar-refractivity contribution in [2.45, 2.75) is 85.6 Å². The lowest BCUT2D eigenvalue weighted by Crippen LogP contribution is -2.43. The summed E-state index contributed by atoms with van der Waals surface area (Å²) in [4.78, 5) is 4.80. The van der Waals surface area contributed by atoms with E-state index >= 15 is 0 Å². The Bertz CT molecular complexity index is 1490. The van der Waals surface area contributed by atoms with Gasteiger partial charge in [0.15, 0.2) is 0 Å². The fourth-order valence-electron chi connectivity index (χ4n) is 6.73. The van der Waals surface area contributed by atoms with Gasteiger partial charge in [-0.3, -0.25) is 10.4 Å². The van der Waals surface area contributed by atoms with Gasteiger partial charge in [0.2, 0.25) is 0 Å². The summed E-state index contributed by atoms with van der Waals surface area (Å²) in [5, 5.41) is 3.78. The average molecular weight is 563 g/mol. The molecule has 222 valence electrons. The third-order valence-corrected chi connectivity index (χ3v) is 8.99. The Morgan fingerprint density at radius 2 is 1.88 bits per heavy atom. The van der Waals surface area contributed by atoms with E-state index in [0.29, 0.717) is 0 Å². The number of nitrogens with one attached hydrogen (secondary N) is 1. The molecule has 0 unspecified atom stereocenters. The normalized spacial score (nSPS) is 14.5. The summed E-state index contributed by atoms with van der Waals surface area (Å²) >= 11 is 0. The highest BCUT2D eigenvalue weighted by Crippen LogP contribution is 2.41. The van der Waals surface area contributed by atoms with Gasteiger partial charge in [-0.2, -0.15) is 0 Å². The molecule has 1 fully saturated rings. The average Bonchev–Trinajstić information content (AvgIpc) is 3.32. The summed E-state index contributed by atoms with van der Waals surface area (Å²) in [6, 6.07) is 20.7. The quantitative estimate of drug-likeness (QED) is 0.165. The molecule has 1 aliphatic heterocycles. The molecule has 0 bridgehead atoms. The lowest BCUT2D eigenvalue weighted by atomic mass is 9.80. The van der Waals surface area contributed by atoms with Gasteiger partial charge in [-0.05, 0) is 110 Å². The van der Waals surface area contributed by atoms with Crippen LogP contribution in [0.3, 0.4) is 0 Å². The van der Waals surface area contributed by atoms with Gasteiger partial charge in [-0.1, -0.05) is 57.2 Å². The first-order chi connectivity index (χ1) is 20.4. The van der Waals surface area contributed by atoms with Crippen LogP contribution in [-0.4, -0.2) is 34.2 Å². The first-order valence-electron chi connectivity index (χ1n) is 16.2. The third kappa shape index (κ3) is 6.88. The van der Waals surface area contributed by atoms with E-state index in [2.05, 4.69) is 110 Å². The molecular formula is C38H50N4. The van der Waals surface area contributed by atoms with Crippen LogP contribution in [0.1, 0.15) is 76.6 Å². The summed E-state index contributed by atoms with van der Waals surface area (Å²) < 4.78 is 2.53. The van der Waals surface area contributed by atoms with Crippen molar-refractivity contribution in [1.29, 1.82) is 0 Å². The summed E-state index contributed by atoms with van der Waals surface area (Å²) in [6.45, 7) is 17.6. The second-order valence-electron chi connectivity index (χ2n) is 12.7. The number of hydrazine groups is 1. The van der Waals surface area contributed by atoms with E-state index in [9.17, 15) is 0 Å². The highest BCUT2D eigenvalue weighted by molar-refractivity contribution is 5.95. The van der Waals surface area contributed by atoms with Crippen molar-refractivity contribution >= 4 is 10.9 Å². The maximum Gasteiger partial charge on any atom is 0.0542 e. The Balaban J connectivity index is 1.54. The predicted molar refractivity (Wildman–Crippen MR) is 180 cm³/mol. The molecule has 4 heteroatoms. The zero-order valence-electron chi connectivity index (χ0n) is 26.4. The van der Waals surface area contributed by atoms with E-state index in [1.165, 1.54) is 75.9 Å². The highest BCUT2D eigenvalue weighted by Gasteiger charge is 2.26. The van der Waals surface area contributed by atoms with Gasteiger partial charge in [-0.25, -0.2) is 5.01 Å². The van der Waals surface area contributed by atoms with Gasteiger partial charge in [0.1, 0.15) is 0 Å². The fraction of sp³-hybridized carbons (Fsp3) is 0.447. The topological polar surface area (TPSA) is 33.1 Å². The Morgan fingerprint density at radius 1 is 1.02 bits per heavy atom. The molecule has 1 saturated heterocycles. The van der Waals surface area contributed by atoms with Crippen LogP contribution in [0, 0.1) is 5.41 Å². The van der Waals surface area contributed by atoms with Crippen LogP contribution in [-0.2, 0) is 25.8 Å². The summed E-state index contributed by atoms with van der Waals surface area (Å²) in [5.74, 6) is 0. The molecule has 3 heterocycles. The van der Waals surface area contributed by atoms with Gasteiger partial charge in [-0.15, -0.1) is 6.58 Å². The molecule has 0 atom stereocenters. The van der Waals surface area contributed by atoms with Crippen molar-refractivity contribution < 1.29 is 0 Å². The molecule has 0 saturated carbocycles. The van der Waals surface area contributed by atoms with Crippen LogP contribution in [0.5, 0.6) is 0 Å². The van der Waals surface area contributed by atoms with Crippen molar-refractivity contribution in [3.63, 3.8) is 0 Å². The fourth-order valence-corrected chi connectivity index (χ4v) is 6.73. The third-order valence-electron chi connectivity index (χ3n) is 8.99. The predicted octanol–water partition coefficient (Wildman–Crippen LogP) is 9.02. The maximum absolute atomic E-state index is 4.80. The van der Waals surface area contributed by atoms with Crippen LogP contribution < -0.4 is 5.43 Å². The summed E-state index contributed by atoms with van der Waals surface area (Å²) in [7, 11) is 0. The van der Waals surface area contributed by atoms with Crippen molar-refractivity contribution in [2.24, 2.45) is 5.41 Å². The number of aromatic nitrogens is 2. The van der Waals surface area contributed by atoms with E-state index in [4.69, 9.17) is 4.98 Å². The van der Waals surface area contributed by atoms with Crippen LogP contribution >= 0.6 is 0 Å². The highest BCUT2D eigenvalue weighted by atomic mass is 15.5. The summed E-state index contributed by atoms with van der Waals surface area (Å²) in [6.07, 6.45) is 13.0. The number of benzene rings is 2. The molecule has 0 aliphatic carbocycles. The van der Waals surface area contributed by atoms with E-state index < -0.39 is 0 Å². The van der Waals surface area contributed by atoms with Gasteiger partial charge in [0.25, 0.3) is 0 Å². The number of hydrogen-bond donors (Lipinski definition) is 1. The lowest BCUT2D eigenvalue weighted by Gasteiger charge is -2.27. The molecule has 1 aliphatic rings. The molecule has 2 aromatic carbocycles. The zero-order chi connectivity index (χ0) is 29.5. The molecule has 42 heavy (non-hydrogen) atoms. The van der Waals surface area contributed by atoms with Crippen LogP contribution in [0.15, 0.2) is 73.4 Å². The zero-order valence-corrected chi connectivity index (χ0v) is 26.4. The number of hydrogen-bond acceptors (Lipinski definition) is 3. The van der Waals surface area contributed by atoms with Crippen molar-refractivity contribution in [1.82, 2.24) is 20.0 Å². The van der Waals surface area contributed by atoms with Crippen LogP contribution in [0.25, 0.3) is 33.3 Å². The molecule has 1 N–H and O–H groups in total. The number of pyridine rings is 1. The van der Waals surface area contributed by atoms with Crippen LogP contribution in [0.2, 0.25) is 0 Å². The molecule has 2 aromatic heterocycles. The molecule has 0 spiro atoms. The second-order valence-corrected chi connectivity index (χ2v) is 12.7. The van der Waals surface area contributed by atoms with Crippen LogP contribution in [0.4, 0.5) is 0 Å². The smallest absolute Gasteiger partial charge is 0.0542 e. The van der Waals surface area contributed by atoms with Crippen molar-refractivity contribution in [2.75, 3.05) is 19.6 Å². The monoisotopic (exact) mass is 562 g/mol. The summed E-state index contributed by atoms with van der Waals surface area (Å²) in [5.41, 5.74) is 14.3. The Morgan fingerprint density at radius 3 is 2.64 bits per heavy atom. The van der Waals surface area contributed by atoms with E-state index in [0.717, 1.165) is 51.7 Å². The molecule has 4 nitrogen and oxygen atoms in total. The van der Waals surface area contributed by atoms with E-state index in [1.807, 2.05) is 6.20 Å². The van der Waals surface area contributed by atoms with Crippen molar-refractivity contribution in [3.8, 4) is 22.4 Å². The number of allylic oxidation sites excluding steroid dienone is 1. The minimum Gasteiger partial charge on any atom is -0.340 e. The van der Waals surface area contributed by atoms with E-state index in [-0.39, 0.29) is 5.41 Å². The van der Waals surface area contributed by atoms with Gasteiger partial charge in [0, 0.05) is 54.5 Å². The first kappa shape index (κ1) is 30.3. The number of rotatable bonds is 13. The minimum absolute atomic E-state index is 0.156. The first-order valence-corrected chi connectivity index (χ1v) is 16.2. The van der Waals surface area contributed by atoms with Gasteiger partial charge < -0.3 is 4.57 Å². The second kappa shape index (κ2) is 13.8. The number of fused-ring (bicyclic) bond motifs is 1. The SMILES string of the molecule is C=CCCC(C)(C)Cc1c(-c2cccnc2CC)n(CC)c2ccc(-c3cccc(CCCN4CCCCN4)c3)cc12. The van der Waals surface area contributed by atoms with Gasteiger partial charge in [0.05, 0.1) is 5.69 Å². The van der Waals surface area contributed by atoms with E-state index in [1.54, 1.807) is 0 Å². The standard InChI is InChI=1S/C38H50N4/c1-6-9-21-38(4,5)28-34-33-27-31(30-17-12-15-29(26-30)16-14-25-41-24-11-10-23-40-41)19-20-36(33)42(8-3)37(34)32-18-13-22-39-35(32)7-2/h6,12-13,15,17-20,22,26-27,40H,1,7-11,14,16,21,23-25,28H2,2-5H3. The number of nitrogens with zero attached hydrogens (tertiary/aromatic N) is 3. The lowest BCUT2D eigenvalue weighted by molar-refractivity contribution is 0.151. The maximum atomic E-state index is 4.80. The minimum atomic E-state index is 0.156. The number of aryl methyl sites for hydroxylation is 3. The largest absolute Gasteiger partial charge is 0.340 e. The van der Waals surface area contributed by atoms with Crippen molar-refractivity contribution in [3.05, 3.63) is 90.3 Å². The Hall–Kier alpha value is -3.21. The van der Waals surface area contributed by atoms with Gasteiger partial charge >= 0.3 is 0 Å². The Kier molecular flexibility index (Phi) is 9.97. The molecule has 5 rings (SSSR count). The molecule has 4 aromatic rings. The molecular weight excluding hydrogens is 512 g/mol. The molecule has 0 radical (unpaired) electrons. The Labute approximate surface area is 253 Å².